The van der Waals surface area contributed by atoms with E-state index < -0.39 is 10.8 Å². The van der Waals surface area contributed by atoms with E-state index >= 15 is 0 Å². The normalized spacial score (nSPS) is 14.6. The highest BCUT2D eigenvalue weighted by Gasteiger charge is 2.10. The van der Waals surface area contributed by atoms with Crippen molar-refractivity contribution in [1.82, 2.24) is 5.32 Å². The molecule has 0 amide bonds. The van der Waals surface area contributed by atoms with Crippen molar-refractivity contribution in [2.45, 2.75) is 19.9 Å². The molecule has 0 aliphatic heterocycles. The van der Waals surface area contributed by atoms with Gasteiger partial charge < -0.3 is 5.32 Å². The number of halogens is 2. The van der Waals surface area contributed by atoms with Gasteiger partial charge in [-0.25, -0.2) is 4.39 Å². The number of hydrogen-bond acceptors (Lipinski definition) is 2. The first-order valence-corrected chi connectivity index (χ1v) is 7.86. The summed E-state index contributed by atoms with van der Waals surface area (Å²) in [5.74, 6) is 1.06. The van der Waals surface area contributed by atoms with E-state index in [1.165, 1.54) is 6.07 Å². The van der Waals surface area contributed by atoms with Crippen LogP contribution in [-0.4, -0.2) is 22.3 Å². The third kappa shape index (κ3) is 4.85. The molecule has 96 valence electrons. The van der Waals surface area contributed by atoms with Gasteiger partial charge in [-0.2, -0.15) is 0 Å². The van der Waals surface area contributed by atoms with Crippen LogP contribution in [0.25, 0.3) is 0 Å². The Morgan fingerprint density at radius 2 is 2.24 bits per heavy atom. The van der Waals surface area contributed by atoms with Crippen LogP contribution in [0.3, 0.4) is 0 Å². The number of nitrogens with one attached hydrogen (secondary N) is 1. The summed E-state index contributed by atoms with van der Waals surface area (Å²) in [5, 5.41) is 3.18. The lowest BCUT2D eigenvalue weighted by molar-refractivity contribution is 0.541. The highest BCUT2D eigenvalue weighted by atomic mass is 79.9. The van der Waals surface area contributed by atoms with Crippen LogP contribution in [-0.2, 0) is 10.8 Å². The second-order valence-corrected chi connectivity index (χ2v) is 6.56. The van der Waals surface area contributed by atoms with Gasteiger partial charge in [-0.1, -0.05) is 22.9 Å². The molecule has 17 heavy (non-hydrogen) atoms. The van der Waals surface area contributed by atoms with Crippen LogP contribution in [0.4, 0.5) is 4.39 Å². The molecule has 1 rings (SSSR count). The minimum Gasteiger partial charge on any atom is -0.309 e. The topological polar surface area (TPSA) is 29.1 Å². The van der Waals surface area contributed by atoms with Gasteiger partial charge in [0.15, 0.2) is 0 Å². The van der Waals surface area contributed by atoms with E-state index in [4.69, 9.17) is 0 Å². The fourth-order valence-electron chi connectivity index (χ4n) is 1.49. The van der Waals surface area contributed by atoms with E-state index in [9.17, 15) is 8.60 Å². The standard InChI is InChI=1S/C12H17BrFNOS/c1-3-17(16)7-6-15-9(2)11-8-10(13)4-5-12(11)14/h4-5,8-9,15H,3,6-7H2,1-2H3. The molecule has 0 aliphatic rings. The number of hydrogen-bond donors (Lipinski definition) is 1. The summed E-state index contributed by atoms with van der Waals surface area (Å²) < 4.78 is 25.7. The zero-order valence-electron chi connectivity index (χ0n) is 10.0. The molecule has 0 fully saturated rings. The Morgan fingerprint density at radius 1 is 1.53 bits per heavy atom. The quantitative estimate of drug-likeness (QED) is 0.872. The lowest BCUT2D eigenvalue weighted by atomic mass is 10.1. The molecule has 0 radical (unpaired) electrons. The molecule has 0 saturated heterocycles. The first-order chi connectivity index (χ1) is 8.04. The second-order valence-electron chi connectivity index (χ2n) is 3.77. The summed E-state index contributed by atoms with van der Waals surface area (Å²) in [5.41, 5.74) is 0.627. The van der Waals surface area contributed by atoms with Gasteiger partial charge in [0.1, 0.15) is 5.82 Å². The van der Waals surface area contributed by atoms with Gasteiger partial charge in [-0.15, -0.1) is 0 Å². The van der Waals surface area contributed by atoms with Gasteiger partial charge in [0.05, 0.1) is 0 Å². The molecule has 0 bridgehead atoms. The molecule has 2 atom stereocenters. The Hall–Kier alpha value is -0.260. The van der Waals surface area contributed by atoms with Crippen LogP contribution in [0.1, 0.15) is 25.5 Å². The molecule has 0 aliphatic carbocycles. The molecule has 2 nitrogen and oxygen atoms in total. The summed E-state index contributed by atoms with van der Waals surface area (Å²) >= 11 is 3.32. The molecule has 2 unspecified atom stereocenters. The molecule has 0 spiro atoms. The summed E-state index contributed by atoms with van der Waals surface area (Å²) in [6.45, 7) is 4.43. The molecule has 0 heterocycles. The maximum atomic E-state index is 13.6. The molecular formula is C12H17BrFNOS. The highest BCUT2D eigenvalue weighted by molar-refractivity contribution is 9.10. The maximum absolute atomic E-state index is 13.6. The zero-order chi connectivity index (χ0) is 12.8. The van der Waals surface area contributed by atoms with Crippen molar-refractivity contribution in [1.29, 1.82) is 0 Å². The Kier molecular flexibility index (Phi) is 6.30. The van der Waals surface area contributed by atoms with Crippen LogP contribution in [0.2, 0.25) is 0 Å². The Morgan fingerprint density at radius 3 is 2.88 bits per heavy atom. The van der Waals surface area contributed by atoms with Crippen molar-refractivity contribution in [3.05, 3.63) is 34.1 Å². The van der Waals surface area contributed by atoms with Gasteiger partial charge in [0.25, 0.3) is 0 Å². The summed E-state index contributed by atoms with van der Waals surface area (Å²) in [6, 6.07) is 4.81. The highest BCUT2D eigenvalue weighted by Crippen LogP contribution is 2.21. The predicted octanol–water partition coefficient (Wildman–Crippen LogP) is 3.01. The lowest BCUT2D eigenvalue weighted by Gasteiger charge is -2.15. The average Bonchev–Trinajstić information content (AvgIpc) is 2.31. The van der Waals surface area contributed by atoms with E-state index in [2.05, 4.69) is 21.2 Å². The average molecular weight is 322 g/mol. The van der Waals surface area contributed by atoms with E-state index in [-0.39, 0.29) is 11.9 Å². The fraction of sp³-hybridized carbons (Fsp3) is 0.500. The summed E-state index contributed by atoms with van der Waals surface area (Å²) in [4.78, 5) is 0. The maximum Gasteiger partial charge on any atom is 0.128 e. The summed E-state index contributed by atoms with van der Waals surface area (Å²) in [7, 11) is -0.775. The van der Waals surface area contributed by atoms with Crippen LogP contribution in [0.15, 0.2) is 22.7 Å². The molecule has 0 aromatic heterocycles. The predicted molar refractivity (Wildman–Crippen MR) is 74.1 cm³/mol. The monoisotopic (exact) mass is 321 g/mol. The van der Waals surface area contributed by atoms with Crippen molar-refractivity contribution >= 4 is 26.7 Å². The smallest absolute Gasteiger partial charge is 0.128 e. The molecule has 1 aromatic rings. The Labute approximate surface area is 113 Å². The SMILES string of the molecule is CCS(=O)CCNC(C)c1cc(Br)ccc1F. The van der Waals surface area contributed by atoms with E-state index in [0.717, 1.165) is 4.47 Å². The molecule has 5 heteroatoms. The van der Waals surface area contributed by atoms with Gasteiger partial charge in [-0.3, -0.25) is 4.21 Å². The van der Waals surface area contributed by atoms with Crippen molar-refractivity contribution < 1.29 is 8.60 Å². The number of benzene rings is 1. The summed E-state index contributed by atoms with van der Waals surface area (Å²) in [6.07, 6.45) is 0. The minimum absolute atomic E-state index is 0.0821. The Balaban J connectivity index is 2.54. The molecule has 0 saturated carbocycles. The first kappa shape index (κ1) is 14.8. The van der Waals surface area contributed by atoms with Gasteiger partial charge >= 0.3 is 0 Å². The largest absolute Gasteiger partial charge is 0.309 e. The van der Waals surface area contributed by atoms with Crippen LogP contribution < -0.4 is 5.32 Å². The molecule has 1 aromatic carbocycles. The van der Waals surface area contributed by atoms with Gasteiger partial charge in [0, 0.05) is 44.9 Å². The first-order valence-electron chi connectivity index (χ1n) is 5.58. The van der Waals surface area contributed by atoms with Crippen molar-refractivity contribution in [2.75, 3.05) is 18.1 Å². The van der Waals surface area contributed by atoms with Gasteiger partial charge in [-0.05, 0) is 25.1 Å². The third-order valence-electron chi connectivity index (χ3n) is 2.53. The Bertz CT molecular complexity index is 400. The second kappa shape index (κ2) is 7.24. The third-order valence-corrected chi connectivity index (χ3v) is 4.32. The van der Waals surface area contributed by atoms with E-state index in [1.807, 2.05) is 13.8 Å². The minimum atomic E-state index is -0.775. The van der Waals surface area contributed by atoms with E-state index in [1.54, 1.807) is 12.1 Å². The van der Waals surface area contributed by atoms with E-state index in [0.29, 0.717) is 23.6 Å². The molecule has 1 N–H and O–H groups in total. The molecular weight excluding hydrogens is 305 g/mol. The van der Waals surface area contributed by atoms with Crippen molar-refractivity contribution in [3.63, 3.8) is 0 Å². The van der Waals surface area contributed by atoms with Crippen LogP contribution in [0, 0.1) is 5.82 Å². The van der Waals surface area contributed by atoms with Crippen molar-refractivity contribution in [3.8, 4) is 0 Å². The van der Waals surface area contributed by atoms with Crippen LogP contribution >= 0.6 is 15.9 Å². The van der Waals surface area contributed by atoms with Gasteiger partial charge in [0.2, 0.25) is 0 Å². The van der Waals surface area contributed by atoms with Crippen molar-refractivity contribution in [2.24, 2.45) is 0 Å². The number of rotatable bonds is 6. The zero-order valence-corrected chi connectivity index (χ0v) is 12.4. The fourth-order valence-corrected chi connectivity index (χ4v) is 2.50. The van der Waals surface area contributed by atoms with Crippen LogP contribution in [0.5, 0.6) is 0 Å². The lowest BCUT2D eigenvalue weighted by Crippen LogP contribution is -2.25.